The van der Waals surface area contributed by atoms with Crippen LogP contribution in [0, 0.1) is 5.82 Å². The van der Waals surface area contributed by atoms with Crippen LogP contribution in [0.15, 0.2) is 109 Å². The highest BCUT2D eigenvalue weighted by molar-refractivity contribution is 6.30. The van der Waals surface area contributed by atoms with E-state index < -0.39 is 0 Å². The first-order valence-corrected chi connectivity index (χ1v) is 12.8. The molecule has 1 unspecified atom stereocenters. The highest BCUT2D eigenvalue weighted by atomic mass is 35.5. The SMILES string of the molecule is O=C(CC(c1cccc(Cl)c1)c1cn(Cc2ccc(F)cc2)c2ccccc12)NCCc1ccccc1. The number of amides is 1. The van der Waals surface area contributed by atoms with Crippen molar-refractivity contribution in [2.45, 2.75) is 25.3 Å². The van der Waals surface area contributed by atoms with Gasteiger partial charge in [0.15, 0.2) is 0 Å². The summed E-state index contributed by atoms with van der Waals surface area (Å²) >= 11 is 6.37. The van der Waals surface area contributed by atoms with Crippen molar-refractivity contribution in [3.8, 4) is 0 Å². The maximum Gasteiger partial charge on any atom is 0.220 e. The Balaban J connectivity index is 1.44. The van der Waals surface area contributed by atoms with E-state index >= 15 is 0 Å². The van der Waals surface area contributed by atoms with Crippen molar-refractivity contribution in [3.63, 3.8) is 0 Å². The summed E-state index contributed by atoms with van der Waals surface area (Å²) < 4.78 is 15.6. The van der Waals surface area contributed by atoms with Gasteiger partial charge in [-0.3, -0.25) is 4.79 Å². The van der Waals surface area contributed by atoms with Crippen molar-refractivity contribution in [1.29, 1.82) is 0 Å². The lowest BCUT2D eigenvalue weighted by Gasteiger charge is -2.18. The Morgan fingerprint density at radius 2 is 1.62 bits per heavy atom. The molecule has 0 aliphatic carbocycles. The highest BCUT2D eigenvalue weighted by Crippen LogP contribution is 2.36. The van der Waals surface area contributed by atoms with Crippen molar-refractivity contribution in [2.24, 2.45) is 0 Å². The van der Waals surface area contributed by atoms with Gasteiger partial charge in [-0.1, -0.05) is 84.4 Å². The average Bonchev–Trinajstić information content (AvgIpc) is 3.27. The lowest BCUT2D eigenvalue weighted by atomic mass is 9.88. The van der Waals surface area contributed by atoms with Crippen molar-refractivity contribution < 1.29 is 9.18 Å². The van der Waals surface area contributed by atoms with Crippen molar-refractivity contribution in [3.05, 3.63) is 142 Å². The number of nitrogens with one attached hydrogen (secondary N) is 1. The molecule has 1 aromatic heterocycles. The van der Waals surface area contributed by atoms with Gasteiger partial charge in [0.1, 0.15) is 5.82 Å². The molecule has 186 valence electrons. The Bertz CT molecular complexity index is 1490. The Labute approximate surface area is 221 Å². The molecule has 5 rings (SSSR count). The fourth-order valence-electron chi connectivity index (χ4n) is 4.85. The van der Waals surface area contributed by atoms with Gasteiger partial charge in [-0.25, -0.2) is 4.39 Å². The Kier molecular flexibility index (Phi) is 7.67. The average molecular weight is 511 g/mol. The number of hydrogen-bond acceptors (Lipinski definition) is 1. The normalized spacial score (nSPS) is 11.9. The molecule has 0 saturated heterocycles. The first-order chi connectivity index (χ1) is 18.1. The summed E-state index contributed by atoms with van der Waals surface area (Å²) in [7, 11) is 0. The summed E-state index contributed by atoms with van der Waals surface area (Å²) in [4.78, 5) is 13.2. The van der Waals surface area contributed by atoms with Gasteiger partial charge in [0.2, 0.25) is 5.91 Å². The highest BCUT2D eigenvalue weighted by Gasteiger charge is 2.23. The molecule has 37 heavy (non-hydrogen) atoms. The number of nitrogens with zero attached hydrogens (tertiary/aromatic N) is 1. The lowest BCUT2D eigenvalue weighted by molar-refractivity contribution is -0.121. The molecule has 3 nitrogen and oxygen atoms in total. The quantitative estimate of drug-likeness (QED) is 0.221. The van der Waals surface area contributed by atoms with E-state index in [1.165, 1.54) is 17.7 Å². The smallest absolute Gasteiger partial charge is 0.220 e. The zero-order chi connectivity index (χ0) is 25.6. The molecular weight excluding hydrogens is 483 g/mol. The largest absolute Gasteiger partial charge is 0.356 e. The topological polar surface area (TPSA) is 34.0 Å². The second-order valence-electron chi connectivity index (χ2n) is 9.25. The minimum absolute atomic E-state index is 0.00345. The maximum absolute atomic E-state index is 13.5. The number of carbonyl (C=O) groups is 1. The molecule has 5 aromatic rings. The summed E-state index contributed by atoms with van der Waals surface area (Å²) in [6, 6.07) is 32.7. The van der Waals surface area contributed by atoms with Gasteiger partial charge in [0, 0.05) is 47.6 Å². The number of hydrogen-bond donors (Lipinski definition) is 1. The van der Waals surface area contributed by atoms with Gasteiger partial charge in [0.05, 0.1) is 0 Å². The van der Waals surface area contributed by atoms with E-state index in [1.54, 1.807) is 12.1 Å². The van der Waals surface area contributed by atoms with E-state index in [0.717, 1.165) is 34.0 Å². The minimum atomic E-state index is -0.249. The van der Waals surface area contributed by atoms with Crippen LogP contribution in [0.4, 0.5) is 4.39 Å². The van der Waals surface area contributed by atoms with Gasteiger partial charge in [-0.15, -0.1) is 0 Å². The monoisotopic (exact) mass is 510 g/mol. The molecule has 0 bridgehead atoms. The number of carbonyl (C=O) groups excluding carboxylic acids is 1. The van der Waals surface area contributed by atoms with Crippen molar-refractivity contribution >= 4 is 28.4 Å². The molecule has 1 amide bonds. The molecular formula is C32H28ClFN2O. The molecule has 1 atom stereocenters. The first-order valence-electron chi connectivity index (χ1n) is 12.4. The van der Waals surface area contributed by atoms with E-state index in [1.807, 2.05) is 54.6 Å². The summed E-state index contributed by atoms with van der Waals surface area (Å²) in [5.41, 5.74) is 5.33. The molecule has 4 aromatic carbocycles. The maximum atomic E-state index is 13.5. The molecule has 1 N–H and O–H groups in total. The lowest BCUT2D eigenvalue weighted by Crippen LogP contribution is -2.27. The van der Waals surface area contributed by atoms with Crippen molar-refractivity contribution in [1.82, 2.24) is 9.88 Å². The summed E-state index contributed by atoms with van der Waals surface area (Å²) in [5, 5.41) is 4.83. The molecule has 0 spiro atoms. The third kappa shape index (κ3) is 6.10. The van der Waals surface area contributed by atoms with Crippen LogP contribution in [-0.2, 0) is 17.8 Å². The Hall–Kier alpha value is -3.89. The van der Waals surface area contributed by atoms with Gasteiger partial charge in [-0.2, -0.15) is 0 Å². The zero-order valence-electron chi connectivity index (χ0n) is 20.4. The molecule has 1 heterocycles. The van der Waals surface area contributed by atoms with Crippen LogP contribution in [0.5, 0.6) is 0 Å². The van der Waals surface area contributed by atoms with Gasteiger partial charge in [0.25, 0.3) is 0 Å². The van der Waals surface area contributed by atoms with E-state index in [-0.39, 0.29) is 17.6 Å². The fourth-order valence-corrected chi connectivity index (χ4v) is 5.05. The van der Waals surface area contributed by atoms with Gasteiger partial charge in [-0.05, 0) is 59.0 Å². The predicted octanol–water partition coefficient (Wildman–Crippen LogP) is 7.36. The van der Waals surface area contributed by atoms with Crippen LogP contribution in [0.2, 0.25) is 5.02 Å². The number of halogens is 2. The number of aromatic nitrogens is 1. The molecule has 5 heteroatoms. The van der Waals surface area contributed by atoms with Crippen molar-refractivity contribution in [2.75, 3.05) is 6.54 Å². The van der Waals surface area contributed by atoms with Crippen LogP contribution in [-0.4, -0.2) is 17.0 Å². The van der Waals surface area contributed by atoms with Crippen LogP contribution in [0.25, 0.3) is 10.9 Å². The van der Waals surface area contributed by atoms with Gasteiger partial charge < -0.3 is 9.88 Å². The molecule has 0 aliphatic rings. The second-order valence-corrected chi connectivity index (χ2v) is 9.69. The molecule has 0 fully saturated rings. The predicted molar refractivity (Wildman–Crippen MR) is 149 cm³/mol. The van der Waals surface area contributed by atoms with E-state index in [2.05, 4.69) is 40.3 Å². The number of para-hydroxylation sites is 1. The Morgan fingerprint density at radius 1 is 0.865 bits per heavy atom. The van der Waals surface area contributed by atoms with E-state index in [0.29, 0.717) is 24.5 Å². The molecule has 0 aliphatic heterocycles. The van der Waals surface area contributed by atoms with E-state index in [9.17, 15) is 9.18 Å². The summed E-state index contributed by atoms with van der Waals surface area (Å²) in [6.45, 7) is 1.18. The second kappa shape index (κ2) is 11.4. The minimum Gasteiger partial charge on any atom is -0.356 e. The fraction of sp³-hybridized carbons (Fsp3) is 0.156. The van der Waals surface area contributed by atoms with Crippen LogP contribution < -0.4 is 5.32 Å². The first kappa shape index (κ1) is 24.8. The molecule has 0 saturated carbocycles. The number of fused-ring (bicyclic) bond motifs is 1. The zero-order valence-corrected chi connectivity index (χ0v) is 21.2. The number of rotatable bonds is 9. The molecule has 0 radical (unpaired) electrons. The summed E-state index contributed by atoms with van der Waals surface area (Å²) in [5.74, 6) is -0.424. The van der Waals surface area contributed by atoms with Crippen LogP contribution in [0.3, 0.4) is 0 Å². The van der Waals surface area contributed by atoms with E-state index in [4.69, 9.17) is 11.6 Å². The summed E-state index contributed by atoms with van der Waals surface area (Å²) in [6.07, 6.45) is 3.21. The third-order valence-electron chi connectivity index (χ3n) is 6.68. The van der Waals surface area contributed by atoms with Crippen LogP contribution >= 0.6 is 11.6 Å². The van der Waals surface area contributed by atoms with Crippen LogP contribution in [0.1, 0.15) is 34.6 Å². The third-order valence-corrected chi connectivity index (χ3v) is 6.92. The Morgan fingerprint density at radius 3 is 2.41 bits per heavy atom. The standard InChI is InChI=1S/C32H28ClFN2O/c33-26-10-6-9-25(19-26)29(20-32(37)35-18-17-23-7-2-1-3-8-23)30-22-36(31-12-5-4-11-28(30)31)21-24-13-15-27(34)16-14-24/h1-16,19,22,29H,17-18,20-21H2,(H,35,37). The van der Waals surface area contributed by atoms with Gasteiger partial charge >= 0.3 is 0 Å². The number of benzene rings is 4.